The Balaban J connectivity index is 2.10. The lowest BCUT2D eigenvalue weighted by Gasteiger charge is -2.23. The average Bonchev–Trinajstić information content (AvgIpc) is 2.74. The predicted molar refractivity (Wildman–Crippen MR) is 66.1 cm³/mol. The van der Waals surface area contributed by atoms with Gasteiger partial charge in [0.05, 0.1) is 17.1 Å². The summed E-state index contributed by atoms with van der Waals surface area (Å²) in [5, 5.41) is 5.80. The molecule has 0 unspecified atom stereocenters. The van der Waals surface area contributed by atoms with Gasteiger partial charge in [0.1, 0.15) is 5.15 Å². The largest absolute Gasteiger partial charge is 0.356 e. The second kappa shape index (κ2) is 4.27. The summed E-state index contributed by atoms with van der Waals surface area (Å²) < 4.78 is 7.67. The maximum absolute atomic E-state index is 6.11. The smallest absolute Gasteiger partial charge is 0.150 e. The zero-order valence-corrected chi connectivity index (χ0v) is 10.4. The van der Waals surface area contributed by atoms with Gasteiger partial charge >= 0.3 is 0 Å². The van der Waals surface area contributed by atoms with Gasteiger partial charge in [-0.05, 0) is 32.3 Å². The molecule has 0 spiro atoms. The highest BCUT2D eigenvalue weighted by molar-refractivity contribution is 6.34. The molecule has 4 nitrogen and oxygen atoms in total. The SMILES string of the molecule is Cc1cc2c(cnn2[C@H]2CCCCO2)c(Cl)n1. The Morgan fingerprint density at radius 2 is 2.35 bits per heavy atom. The Kier molecular flexibility index (Phi) is 2.76. The Bertz CT molecular complexity index is 546. The van der Waals surface area contributed by atoms with Crippen LogP contribution in [0, 0.1) is 6.92 Å². The summed E-state index contributed by atoms with van der Waals surface area (Å²) in [6.07, 6.45) is 5.14. The van der Waals surface area contributed by atoms with Gasteiger partial charge in [-0.3, -0.25) is 0 Å². The zero-order chi connectivity index (χ0) is 11.8. The zero-order valence-electron chi connectivity index (χ0n) is 9.69. The van der Waals surface area contributed by atoms with E-state index < -0.39 is 0 Å². The summed E-state index contributed by atoms with van der Waals surface area (Å²) in [5.41, 5.74) is 1.91. The molecule has 1 atom stereocenters. The Hall–Kier alpha value is -1.13. The van der Waals surface area contributed by atoms with Gasteiger partial charge in [0.2, 0.25) is 0 Å². The minimum Gasteiger partial charge on any atom is -0.356 e. The molecule has 0 bridgehead atoms. The molecule has 0 amide bonds. The number of aryl methyl sites for hydroxylation is 1. The third-order valence-corrected chi connectivity index (χ3v) is 3.39. The van der Waals surface area contributed by atoms with Crippen LogP contribution in [0.2, 0.25) is 5.15 Å². The third kappa shape index (κ3) is 1.91. The number of ether oxygens (including phenoxy) is 1. The molecule has 0 N–H and O–H groups in total. The van der Waals surface area contributed by atoms with Crippen LogP contribution in [0.25, 0.3) is 10.9 Å². The monoisotopic (exact) mass is 251 g/mol. The van der Waals surface area contributed by atoms with E-state index in [1.54, 1.807) is 6.20 Å². The van der Waals surface area contributed by atoms with Crippen molar-refractivity contribution >= 4 is 22.5 Å². The normalized spacial score (nSPS) is 20.9. The van der Waals surface area contributed by atoms with E-state index in [1.807, 2.05) is 17.7 Å². The van der Waals surface area contributed by atoms with Gasteiger partial charge in [-0.2, -0.15) is 5.10 Å². The highest BCUT2D eigenvalue weighted by atomic mass is 35.5. The fourth-order valence-electron chi connectivity index (χ4n) is 2.27. The third-order valence-electron chi connectivity index (χ3n) is 3.10. The number of nitrogens with zero attached hydrogens (tertiary/aromatic N) is 3. The summed E-state index contributed by atoms with van der Waals surface area (Å²) in [6, 6.07) is 2.01. The number of pyridine rings is 1. The molecule has 0 saturated carbocycles. The van der Waals surface area contributed by atoms with Gasteiger partial charge in [0.25, 0.3) is 0 Å². The van der Waals surface area contributed by atoms with Gasteiger partial charge < -0.3 is 4.74 Å². The van der Waals surface area contributed by atoms with Crippen LogP contribution >= 0.6 is 11.6 Å². The lowest BCUT2D eigenvalue weighted by Crippen LogP contribution is -2.19. The van der Waals surface area contributed by atoms with Crippen LogP contribution in [0.1, 0.15) is 31.2 Å². The first-order valence-electron chi connectivity index (χ1n) is 5.87. The molecule has 17 heavy (non-hydrogen) atoms. The van der Waals surface area contributed by atoms with Crippen LogP contribution in [0.15, 0.2) is 12.3 Å². The summed E-state index contributed by atoms with van der Waals surface area (Å²) >= 11 is 6.11. The van der Waals surface area contributed by atoms with Crippen molar-refractivity contribution in [3.05, 3.63) is 23.1 Å². The van der Waals surface area contributed by atoms with Crippen LogP contribution < -0.4 is 0 Å². The van der Waals surface area contributed by atoms with Crippen molar-refractivity contribution in [3.8, 4) is 0 Å². The molecule has 1 saturated heterocycles. The standard InChI is InChI=1S/C12H14ClN3O/c1-8-6-10-9(12(13)15-8)7-14-16(10)11-4-2-3-5-17-11/h6-7,11H,2-5H2,1H3/t11-/m1/s1. The molecule has 3 heterocycles. The lowest BCUT2D eigenvalue weighted by molar-refractivity contribution is -0.0366. The fourth-order valence-corrected chi connectivity index (χ4v) is 2.54. The van der Waals surface area contributed by atoms with E-state index in [0.29, 0.717) is 5.15 Å². The van der Waals surface area contributed by atoms with Gasteiger partial charge in [-0.1, -0.05) is 11.6 Å². The highest BCUT2D eigenvalue weighted by Gasteiger charge is 2.19. The molecular formula is C12H14ClN3O. The van der Waals surface area contributed by atoms with Crippen molar-refractivity contribution < 1.29 is 4.74 Å². The number of rotatable bonds is 1. The Morgan fingerprint density at radius 1 is 1.47 bits per heavy atom. The molecule has 0 radical (unpaired) electrons. The first kappa shape index (κ1) is 11.0. The van der Waals surface area contributed by atoms with Gasteiger partial charge in [-0.15, -0.1) is 0 Å². The second-order valence-corrected chi connectivity index (χ2v) is 4.76. The summed E-state index contributed by atoms with van der Waals surface area (Å²) in [4.78, 5) is 4.23. The van der Waals surface area contributed by atoms with Crippen LogP contribution in [-0.4, -0.2) is 21.4 Å². The quantitative estimate of drug-likeness (QED) is 0.732. The molecule has 1 fully saturated rings. The Labute approximate surface area is 105 Å². The van der Waals surface area contributed by atoms with E-state index in [-0.39, 0.29) is 6.23 Å². The molecule has 3 rings (SSSR count). The van der Waals surface area contributed by atoms with E-state index in [1.165, 1.54) is 6.42 Å². The second-order valence-electron chi connectivity index (χ2n) is 4.40. The van der Waals surface area contributed by atoms with E-state index >= 15 is 0 Å². The first-order chi connectivity index (χ1) is 8.25. The number of aromatic nitrogens is 3. The summed E-state index contributed by atoms with van der Waals surface area (Å²) in [6.45, 7) is 2.74. The lowest BCUT2D eigenvalue weighted by atomic mass is 10.2. The van der Waals surface area contributed by atoms with Crippen LogP contribution in [0.5, 0.6) is 0 Å². The van der Waals surface area contributed by atoms with Crippen molar-refractivity contribution in [1.29, 1.82) is 0 Å². The molecule has 0 aromatic carbocycles. The maximum atomic E-state index is 6.11. The molecule has 5 heteroatoms. The van der Waals surface area contributed by atoms with E-state index in [0.717, 1.165) is 36.0 Å². The van der Waals surface area contributed by atoms with E-state index in [9.17, 15) is 0 Å². The highest BCUT2D eigenvalue weighted by Crippen LogP contribution is 2.28. The first-order valence-corrected chi connectivity index (χ1v) is 6.25. The number of halogens is 1. The molecule has 90 valence electrons. The molecular weight excluding hydrogens is 238 g/mol. The van der Waals surface area contributed by atoms with Crippen molar-refractivity contribution in [3.63, 3.8) is 0 Å². The van der Waals surface area contributed by atoms with Crippen molar-refractivity contribution in [2.24, 2.45) is 0 Å². The summed E-state index contributed by atoms with van der Waals surface area (Å²) in [5.74, 6) is 0. The van der Waals surface area contributed by atoms with Gasteiger partial charge in [0.15, 0.2) is 6.23 Å². The van der Waals surface area contributed by atoms with E-state index in [4.69, 9.17) is 16.3 Å². The van der Waals surface area contributed by atoms with E-state index in [2.05, 4.69) is 10.1 Å². The molecule has 1 aliphatic heterocycles. The number of fused-ring (bicyclic) bond motifs is 1. The minimum atomic E-state index is 0.0408. The number of hydrogen-bond donors (Lipinski definition) is 0. The van der Waals surface area contributed by atoms with Crippen molar-refractivity contribution in [1.82, 2.24) is 14.8 Å². The van der Waals surface area contributed by atoms with Gasteiger partial charge in [-0.25, -0.2) is 9.67 Å². The Morgan fingerprint density at radius 3 is 3.12 bits per heavy atom. The maximum Gasteiger partial charge on any atom is 0.150 e. The molecule has 2 aromatic heterocycles. The molecule has 1 aliphatic rings. The van der Waals surface area contributed by atoms with Gasteiger partial charge in [0, 0.05) is 12.3 Å². The topological polar surface area (TPSA) is 39.9 Å². The predicted octanol–water partition coefficient (Wildman–Crippen LogP) is 3.09. The average molecular weight is 252 g/mol. The fraction of sp³-hybridized carbons (Fsp3) is 0.500. The van der Waals surface area contributed by atoms with Crippen LogP contribution in [-0.2, 0) is 4.74 Å². The van der Waals surface area contributed by atoms with Crippen LogP contribution in [0.3, 0.4) is 0 Å². The summed E-state index contributed by atoms with van der Waals surface area (Å²) in [7, 11) is 0. The van der Waals surface area contributed by atoms with Crippen molar-refractivity contribution in [2.45, 2.75) is 32.4 Å². The minimum absolute atomic E-state index is 0.0408. The molecule has 2 aromatic rings. The van der Waals surface area contributed by atoms with Crippen LogP contribution in [0.4, 0.5) is 0 Å². The van der Waals surface area contributed by atoms with Crippen molar-refractivity contribution in [2.75, 3.05) is 6.61 Å². The molecule has 0 aliphatic carbocycles. The number of hydrogen-bond acceptors (Lipinski definition) is 3.